The average Bonchev–Trinajstić information content (AvgIpc) is 2.41. The van der Waals surface area contributed by atoms with E-state index in [9.17, 15) is 13.6 Å². The summed E-state index contributed by atoms with van der Waals surface area (Å²) in [6, 6.07) is 7.62. The molecule has 1 saturated heterocycles. The third kappa shape index (κ3) is 3.33. The van der Waals surface area contributed by atoms with Crippen molar-refractivity contribution in [2.24, 2.45) is 5.92 Å². The Morgan fingerprint density at radius 2 is 2.05 bits per heavy atom. The molecule has 1 aliphatic heterocycles. The molecule has 1 aromatic rings. The van der Waals surface area contributed by atoms with Crippen LogP contribution < -0.4 is 0 Å². The number of benzene rings is 1. The number of rotatable bonds is 4. The van der Waals surface area contributed by atoms with Crippen molar-refractivity contribution >= 4 is 5.97 Å². The van der Waals surface area contributed by atoms with Crippen LogP contribution in [-0.2, 0) is 10.7 Å². The van der Waals surface area contributed by atoms with Gasteiger partial charge in [0, 0.05) is 11.6 Å². The molecule has 0 bridgehead atoms. The van der Waals surface area contributed by atoms with E-state index in [1.807, 2.05) is 6.92 Å². The Kier molecular flexibility index (Phi) is 4.38. The molecule has 0 spiro atoms. The van der Waals surface area contributed by atoms with Crippen molar-refractivity contribution in [3.8, 4) is 0 Å². The lowest BCUT2D eigenvalue weighted by Crippen LogP contribution is -2.47. The topological polar surface area (TPSA) is 40.5 Å². The number of alkyl halides is 2. The number of hydrogen-bond donors (Lipinski definition) is 1. The van der Waals surface area contributed by atoms with E-state index in [0.29, 0.717) is 19.4 Å². The van der Waals surface area contributed by atoms with Gasteiger partial charge in [0.15, 0.2) is 0 Å². The van der Waals surface area contributed by atoms with Gasteiger partial charge < -0.3 is 5.11 Å². The second kappa shape index (κ2) is 5.87. The van der Waals surface area contributed by atoms with Crippen LogP contribution in [0.4, 0.5) is 8.78 Å². The molecule has 1 aromatic carbocycles. The standard InChI is InChI=1S/C15H19F2NO2/c1-11-9-12(14(19)20)7-8-18(11)10-15(16,17)13-5-3-2-4-6-13/h2-6,11-12H,7-10H2,1H3,(H,19,20). The van der Waals surface area contributed by atoms with Crippen LogP contribution in [0.15, 0.2) is 30.3 Å². The highest BCUT2D eigenvalue weighted by Crippen LogP contribution is 2.32. The number of carbonyl (C=O) groups is 1. The molecule has 0 aliphatic carbocycles. The van der Waals surface area contributed by atoms with Crippen LogP contribution >= 0.6 is 0 Å². The molecule has 5 heteroatoms. The fourth-order valence-corrected chi connectivity index (χ4v) is 2.71. The van der Waals surface area contributed by atoms with Crippen molar-refractivity contribution in [1.82, 2.24) is 4.90 Å². The SMILES string of the molecule is CC1CC(C(=O)O)CCN1CC(F)(F)c1ccccc1. The molecule has 1 N–H and O–H groups in total. The summed E-state index contributed by atoms with van der Waals surface area (Å²) in [6.45, 7) is 1.86. The predicted molar refractivity (Wildman–Crippen MR) is 71.7 cm³/mol. The minimum atomic E-state index is -2.91. The monoisotopic (exact) mass is 283 g/mol. The highest BCUT2D eigenvalue weighted by Gasteiger charge is 2.38. The zero-order valence-corrected chi connectivity index (χ0v) is 11.4. The molecule has 2 atom stereocenters. The Balaban J connectivity index is 2.02. The van der Waals surface area contributed by atoms with Crippen LogP contribution in [-0.4, -0.2) is 35.1 Å². The lowest BCUT2D eigenvalue weighted by atomic mass is 9.91. The molecule has 2 rings (SSSR count). The van der Waals surface area contributed by atoms with Gasteiger partial charge in [0.2, 0.25) is 0 Å². The number of carboxylic acid groups (broad SMARTS) is 1. The quantitative estimate of drug-likeness (QED) is 0.923. The average molecular weight is 283 g/mol. The number of carboxylic acids is 1. The van der Waals surface area contributed by atoms with Gasteiger partial charge in [0.1, 0.15) is 0 Å². The summed E-state index contributed by atoms with van der Waals surface area (Å²) in [6.07, 6.45) is 0.866. The molecular formula is C15H19F2NO2. The van der Waals surface area contributed by atoms with Gasteiger partial charge in [-0.3, -0.25) is 9.69 Å². The van der Waals surface area contributed by atoms with Gasteiger partial charge in [-0.2, -0.15) is 8.78 Å². The summed E-state index contributed by atoms with van der Waals surface area (Å²) in [5, 5.41) is 8.99. The van der Waals surface area contributed by atoms with Crippen molar-refractivity contribution in [2.45, 2.75) is 31.7 Å². The normalized spacial score (nSPS) is 24.6. The highest BCUT2D eigenvalue weighted by atomic mass is 19.3. The van der Waals surface area contributed by atoms with E-state index >= 15 is 0 Å². The number of piperidine rings is 1. The Hall–Kier alpha value is -1.49. The molecule has 110 valence electrons. The first-order chi connectivity index (χ1) is 9.40. The number of aliphatic carboxylic acids is 1. The van der Waals surface area contributed by atoms with E-state index in [1.54, 1.807) is 23.1 Å². The molecule has 0 saturated carbocycles. The summed E-state index contributed by atoms with van der Waals surface area (Å²) < 4.78 is 28.4. The first kappa shape index (κ1) is 14.9. The van der Waals surface area contributed by atoms with Crippen LogP contribution in [0.25, 0.3) is 0 Å². The summed E-state index contributed by atoms with van der Waals surface area (Å²) in [7, 11) is 0. The third-order valence-electron chi connectivity index (χ3n) is 3.96. The maximum absolute atomic E-state index is 14.2. The van der Waals surface area contributed by atoms with Crippen LogP contribution in [0.5, 0.6) is 0 Å². The Morgan fingerprint density at radius 3 is 2.60 bits per heavy atom. The third-order valence-corrected chi connectivity index (χ3v) is 3.96. The molecule has 2 unspecified atom stereocenters. The fourth-order valence-electron chi connectivity index (χ4n) is 2.71. The Morgan fingerprint density at radius 1 is 1.40 bits per heavy atom. The molecule has 0 amide bonds. The zero-order valence-electron chi connectivity index (χ0n) is 11.4. The highest BCUT2D eigenvalue weighted by molar-refractivity contribution is 5.70. The van der Waals surface area contributed by atoms with E-state index in [4.69, 9.17) is 5.11 Å². The van der Waals surface area contributed by atoms with Gasteiger partial charge in [-0.15, -0.1) is 0 Å². The number of halogens is 2. The van der Waals surface area contributed by atoms with E-state index in [-0.39, 0.29) is 18.2 Å². The van der Waals surface area contributed by atoms with E-state index in [2.05, 4.69) is 0 Å². The molecule has 1 fully saturated rings. The Bertz CT molecular complexity index is 464. The number of likely N-dealkylation sites (tertiary alicyclic amines) is 1. The van der Waals surface area contributed by atoms with Crippen molar-refractivity contribution < 1.29 is 18.7 Å². The van der Waals surface area contributed by atoms with Gasteiger partial charge >= 0.3 is 5.97 Å². The van der Waals surface area contributed by atoms with Crippen LogP contribution in [0, 0.1) is 5.92 Å². The number of hydrogen-bond acceptors (Lipinski definition) is 2. The smallest absolute Gasteiger partial charge is 0.306 e. The first-order valence-electron chi connectivity index (χ1n) is 6.80. The summed E-state index contributed by atoms with van der Waals surface area (Å²) in [4.78, 5) is 12.6. The van der Waals surface area contributed by atoms with Gasteiger partial charge in [-0.1, -0.05) is 30.3 Å². The number of nitrogens with zero attached hydrogens (tertiary/aromatic N) is 1. The van der Waals surface area contributed by atoms with Gasteiger partial charge in [0.25, 0.3) is 5.92 Å². The van der Waals surface area contributed by atoms with E-state index < -0.39 is 17.8 Å². The molecule has 0 radical (unpaired) electrons. The minimum absolute atomic E-state index is 0.00700. The van der Waals surface area contributed by atoms with Gasteiger partial charge in [-0.05, 0) is 26.3 Å². The minimum Gasteiger partial charge on any atom is -0.481 e. The van der Waals surface area contributed by atoms with Crippen molar-refractivity contribution in [3.05, 3.63) is 35.9 Å². The molecule has 20 heavy (non-hydrogen) atoms. The van der Waals surface area contributed by atoms with Crippen LogP contribution in [0.1, 0.15) is 25.3 Å². The molecule has 1 aliphatic rings. The molecule has 3 nitrogen and oxygen atoms in total. The lowest BCUT2D eigenvalue weighted by molar-refractivity contribution is -0.144. The van der Waals surface area contributed by atoms with Crippen LogP contribution in [0.3, 0.4) is 0 Å². The second-order valence-electron chi connectivity index (χ2n) is 5.45. The van der Waals surface area contributed by atoms with Crippen molar-refractivity contribution in [2.75, 3.05) is 13.1 Å². The van der Waals surface area contributed by atoms with Crippen molar-refractivity contribution in [1.29, 1.82) is 0 Å². The first-order valence-corrected chi connectivity index (χ1v) is 6.80. The van der Waals surface area contributed by atoms with E-state index in [1.165, 1.54) is 12.1 Å². The summed E-state index contributed by atoms with van der Waals surface area (Å²) >= 11 is 0. The van der Waals surface area contributed by atoms with Crippen molar-refractivity contribution in [3.63, 3.8) is 0 Å². The van der Waals surface area contributed by atoms with Gasteiger partial charge in [-0.25, -0.2) is 0 Å². The summed E-state index contributed by atoms with van der Waals surface area (Å²) in [5.41, 5.74) is 0.00700. The lowest BCUT2D eigenvalue weighted by Gasteiger charge is -2.38. The maximum atomic E-state index is 14.2. The molecular weight excluding hydrogens is 264 g/mol. The largest absolute Gasteiger partial charge is 0.481 e. The van der Waals surface area contributed by atoms with Crippen LogP contribution in [0.2, 0.25) is 0 Å². The zero-order chi connectivity index (χ0) is 14.8. The Labute approximate surface area is 117 Å². The molecule has 0 aromatic heterocycles. The summed E-state index contributed by atoms with van der Waals surface area (Å²) in [5.74, 6) is -4.15. The predicted octanol–water partition coefficient (Wildman–Crippen LogP) is 2.96. The van der Waals surface area contributed by atoms with Gasteiger partial charge in [0.05, 0.1) is 12.5 Å². The maximum Gasteiger partial charge on any atom is 0.306 e. The van der Waals surface area contributed by atoms with E-state index in [0.717, 1.165) is 0 Å². The second-order valence-corrected chi connectivity index (χ2v) is 5.45. The molecule has 1 heterocycles. The fraction of sp³-hybridized carbons (Fsp3) is 0.533.